The van der Waals surface area contributed by atoms with Crippen LogP contribution in [0.15, 0.2) is 30.3 Å². The third kappa shape index (κ3) is 3.05. The van der Waals surface area contributed by atoms with E-state index in [0.29, 0.717) is 19.6 Å². The smallest absolute Gasteiger partial charge is 0.325 e. The predicted molar refractivity (Wildman–Crippen MR) is 63.1 cm³/mol. The Morgan fingerprint density at radius 3 is 2.50 bits per heavy atom. The average molecular weight is 222 g/mol. The van der Waals surface area contributed by atoms with Gasteiger partial charge >= 0.3 is 5.97 Å². The van der Waals surface area contributed by atoms with E-state index in [1.165, 1.54) is 0 Å². The lowest BCUT2D eigenvalue weighted by atomic mass is 10.1. The molecule has 0 aliphatic heterocycles. The molecule has 0 amide bonds. The van der Waals surface area contributed by atoms with Crippen LogP contribution in [0, 0.1) is 0 Å². The average Bonchev–Trinajstić information content (AvgIpc) is 2.29. The van der Waals surface area contributed by atoms with E-state index < -0.39 is 12.0 Å². The van der Waals surface area contributed by atoms with Crippen LogP contribution in [0.25, 0.3) is 0 Å². The Kier molecular flexibility index (Phi) is 4.95. The van der Waals surface area contributed by atoms with Crippen molar-refractivity contribution >= 4 is 5.97 Å². The van der Waals surface area contributed by atoms with Crippen LogP contribution in [0.5, 0.6) is 0 Å². The third-order valence-electron chi connectivity index (χ3n) is 2.54. The molecule has 0 aromatic heterocycles. The quantitative estimate of drug-likeness (QED) is 0.756. The molecule has 0 bridgehead atoms. The molecule has 0 spiro atoms. The number of carbonyl (C=O) groups is 1. The normalized spacial score (nSPS) is 12.7. The van der Waals surface area contributed by atoms with Gasteiger partial charge in [-0.1, -0.05) is 37.3 Å². The summed E-state index contributed by atoms with van der Waals surface area (Å²) in [6.07, 6.45) is 0. The maximum atomic E-state index is 11.3. The van der Waals surface area contributed by atoms with Gasteiger partial charge in [-0.15, -0.1) is 0 Å². The monoisotopic (exact) mass is 222 g/mol. The minimum Gasteiger partial charge on any atom is -0.480 e. The highest BCUT2D eigenvalue weighted by Crippen LogP contribution is 2.20. The Balaban J connectivity index is 2.94. The summed E-state index contributed by atoms with van der Waals surface area (Å²) in [7, 11) is 0. The first-order valence-corrected chi connectivity index (χ1v) is 5.42. The fraction of sp³-hybridized carbons (Fsp3) is 0.417. The number of hydrogen-bond donors (Lipinski definition) is 2. The van der Waals surface area contributed by atoms with Crippen LogP contribution in [0.3, 0.4) is 0 Å². The molecule has 0 heterocycles. The molecular weight excluding hydrogens is 204 g/mol. The zero-order chi connectivity index (χ0) is 12.0. The largest absolute Gasteiger partial charge is 0.480 e. The second-order valence-electron chi connectivity index (χ2n) is 3.57. The molecule has 1 atom stereocenters. The number of carboxylic acid groups (broad SMARTS) is 1. The van der Waals surface area contributed by atoms with Crippen molar-refractivity contribution in [3.63, 3.8) is 0 Å². The molecule has 1 rings (SSSR count). The summed E-state index contributed by atoms with van der Waals surface area (Å²) in [5, 5.41) is 9.27. The second-order valence-corrected chi connectivity index (χ2v) is 3.57. The zero-order valence-corrected chi connectivity index (χ0v) is 9.47. The van der Waals surface area contributed by atoms with Crippen LogP contribution in [-0.2, 0) is 4.79 Å². The van der Waals surface area contributed by atoms with Gasteiger partial charge in [0.05, 0.1) is 0 Å². The topological polar surface area (TPSA) is 66.6 Å². The highest BCUT2D eigenvalue weighted by molar-refractivity contribution is 5.75. The van der Waals surface area contributed by atoms with Gasteiger partial charge in [0.1, 0.15) is 6.04 Å². The summed E-state index contributed by atoms with van der Waals surface area (Å²) in [6, 6.07) is 8.63. The van der Waals surface area contributed by atoms with E-state index >= 15 is 0 Å². The van der Waals surface area contributed by atoms with Crippen molar-refractivity contribution in [1.82, 2.24) is 4.90 Å². The Morgan fingerprint density at radius 2 is 2.06 bits per heavy atom. The molecule has 3 N–H and O–H groups in total. The van der Waals surface area contributed by atoms with E-state index in [0.717, 1.165) is 5.56 Å². The van der Waals surface area contributed by atoms with Gasteiger partial charge in [-0.25, -0.2) is 0 Å². The van der Waals surface area contributed by atoms with Gasteiger partial charge < -0.3 is 10.8 Å². The molecular formula is C12H18N2O2. The van der Waals surface area contributed by atoms with Crippen molar-refractivity contribution in [2.24, 2.45) is 5.73 Å². The highest BCUT2D eigenvalue weighted by Gasteiger charge is 2.25. The Bertz CT molecular complexity index is 327. The van der Waals surface area contributed by atoms with Crippen molar-refractivity contribution in [2.75, 3.05) is 19.6 Å². The van der Waals surface area contributed by atoms with E-state index in [4.69, 9.17) is 5.73 Å². The number of rotatable bonds is 6. The van der Waals surface area contributed by atoms with Crippen LogP contribution in [0.4, 0.5) is 0 Å². The number of benzene rings is 1. The molecule has 0 aliphatic rings. The number of hydrogen-bond acceptors (Lipinski definition) is 3. The minimum absolute atomic E-state index is 0.463. The predicted octanol–water partition coefficient (Wildman–Crippen LogP) is 1.09. The van der Waals surface area contributed by atoms with Gasteiger partial charge in [-0.3, -0.25) is 9.69 Å². The molecule has 0 saturated heterocycles. The Hall–Kier alpha value is -1.39. The summed E-state index contributed by atoms with van der Waals surface area (Å²) < 4.78 is 0. The molecule has 88 valence electrons. The summed E-state index contributed by atoms with van der Waals surface area (Å²) in [4.78, 5) is 13.2. The van der Waals surface area contributed by atoms with Crippen molar-refractivity contribution in [2.45, 2.75) is 13.0 Å². The van der Waals surface area contributed by atoms with E-state index in [2.05, 4.69) is 0 Å². The molecule has 0 radical (unpaired) electrons. The molecule has 0 aliphatic carbocycles. The molecule has 4 nitrogen and oxygen atoms in total. The summed E-state index contributed by atoms with van der Waals surface area (Å²) in [5.74, 6) is -0.832. The van der Waals surface area contributed by atoms with Gasteiger partial charge in [-0.2, -0.15) is 0 Å². The van der Waals surface area contributed by atoms with Gasteiger partial charge in [0.25, 0.3) is 0 Å². The number of nitrogens with two attached hydrogens (primary N) is 1. The maximum absolute atomic E-state index is 11.3. The maximum Gasteiger partial charge on any atom is 0.325 e. The van der Waals surface area contributed by atoms with Crippen molar-refractivity contribution < 1.29 is 9.90 Å². The summed E-state index contributed by atoms with van der Waals surface area (Å²) in [5.41, 5.74) is 6.28. The fourth-order valence-electron chi connectivity index (χ4n) is 1.78. The lowest BCUT2D eigenvalue weighted by molar-refractivity contribution is -0.143. The fourth-order valence-corrected chi connectivity index (χ4v) is 1.78. The van der Waals surface area contributed by atoms with Crippen LogP contribution in [0.1, 0.15) is 18.5 Å². The van der Waals surface area contributed by atoms with Crippen LogP contribution in [-0.4, -0.2) is 35.6 Å². The van der Waals surface area contributed by atoms with Crippen LogP contribution in [0.2, 0.25) is 0 Å². The number of nitrogens with zero attached hydrogens (tertiary/aromatic N) is 1. The van der Waals surface area contributed by atoms with E-state index in [1.54, 1.807) is 0 Å². The second kappa shape index (κ2) is 6.25. The number of likely N-dealkylation sites (N-methyl/N-ethyl adjacent to an activating group) is 1. The first-order valence-electron chi connectivity index (χ1n) is 5.42. The van der Waals surface area contributed by atoms with Gasteiger partial charge in [0, 0.05) is 13.1 Å². The zero-order valence-electron chi connectivity index (χ0n) is 9.47. The molecule has 1 aromatic rings. The minimum atomic E-state index is -0.832. The SMILES string of the molecule is CCN(CCN)C(C(=O)O)c1ccccc1. The molecule has 0 saturated carbocycles. The molecule has 1 unspecified atom stereocenters. The van der Waals surface area contributed by atoms with E-state index in [1.807, 2.05) is 42.2 Å². The van der Waals surface area contributed by atoms with E-state index in [9.17, 15) is 9.90 Å². The molecule has 1 aromatic carbocycles. The molecule has 4 heteroatoms. The third-order valence-corrected chi connectivity index (χ3v) is 2.54. The van der Waals surface area contributed by atoms with Gasteiger partial charge in [0.2, 0.25) is 0 Å². The van der Waals surface area contributed by atoms with Crippen LogP contribution < -0.4 is 5.73 Å². The first kappa shape index (κ1) is 12.7. The van der Waals surface area contributed by atoms with Crippen molar-refractivity contribution in [1.29, 1.82) is 0 Å². The lowest BCUT2D eigenvalue weighted by Gasteiger charge is -2.27. The number of carboxylic acids is 1. The standard InChI is InChI=1S/C12H18N2O2/c1-2-14(9-8-13)11(12(15)16)10-6-4-3-5-7-10/h3-7,11H,2,8-9,13H2,1H3,(H,15,16). The summed E-state index contributed by atoms with van der Waals surface area (Å²) >= 11 is 0. The van der Waals surface area contributed by atoms with Crippen molar-refractivity contribution in [3.8, 4) is 0 Å². The molecule has 0 fully saturated rings. The van der Waals surface area contributed by atoms with Gasteiger partial charge in [0.15, 0.2) is 0 Å². The lowest BCUT2D eigenvalue weighted by Crippen LogP contribution is -2.37. The van der Waals surface area contributed by atoms with Crippen LogP contribution >= 0.6 is 0 Å². The first-order chi connectivity index (χ1) is 7.70. The van der Waals surface area contributed by atoms with E-state index in [-0.39, 0.29) is 0 Å². The van der Waals surface area contributed by atoms with Crippen molar-refractivity contribution in [3.05, 3.63) is 35.9 Å². The Labute approximate surface area is 95.7 Å². The molecule has 16 heavy (non-hydrogen) atoms. The summed E-state index contributed by atoms with van der Waals surface area (Å²) in [6.45, 7) is 3.66. The number of aliphatic carboxylic acids is 1. The van der Waals surface area contributed by atoms with Gasteiger partial charge in [-0.05, 0) is 12.1 Å². The Morgan fingerprint density at radius 1 is 1.44 bits per heavy atom. The highest BCUT2D eigenvalue weighted by atomic mass is 16.4.